The van der Waals surface area contributed by atoms with E-state index >= 15 is 0 Å². The van der Waals surface area contributed by atoms with Gasteiger partial charge < -0.3 is 10.2 Å². The largest absolute Gasteiger partial charge is 0.371 e. The second-order valence-corrected chi connectivity index (χ2v) is 7.20. The molecule has 0 heterocycles. The number of hydrogen-bond donors (Lipinski definition) is 1. The molecule has 0 spiro atoms. The Labute approximate surface area is 136 Å². The van der Waals surface area contributed by atoms with Crippen LogP contribution in [0.1, 0.15) is 32.8 Å². The second-order valence-electron chi connectivity index (χ2n) is 5.44. The van der Waals surface area contributed by atoms with Crippen LogP contribution in [0.4, 0.5) is 5.69 Å². The molecule has 1 rings (SSSR count). The van der Waals surface area contributed by atoms with E-state index < -0.39 is 0 Å². The van der Waals surface area contributed by atoms with Gasteiger partial charge in [0.2, 0.25) is 0 Å². The van der Waals surface area contributed by atoms with Gasteiger partial charge in [0.1, 0.15) is 0 Å². The molecule has 1 atom stereocenters. The number of nitrogens with zero attached hydrogens (tertiary/aromatic N) is 1. The van der Waals surface area contributed by atoms with Crippen LogP contribution in [0.3, 0.4) is 0 Å². The fourth-order valence-corrected chi connectivity index (χ4v) is 3.47. The molecule has 0 bridgehead atoms. The number of benzene rings is 1. The highest BCUT2D eigenvalue weighted by Gasteiger charge is 2.13. The van der Waals surface area contributed by atoms with Crippen molar-refractivity contribution in [2.45, 2.75) is 45.8 Å². The van der Waals surface area contributed by atoms with Crippen LogP contribution < -0.4 is 10.2 Å². The number of halogens is 1. The van der Waals surface area contributed by atoms with Gasteiger partial charge >= 0.3 is 0 Å². The maximum absolute atomic E-state index is 3.70. The van der Waals surface area contributed by atoms with Crippen molar-refractivity contribution in [2.75, 3.05) is 24.0 Å². The third-order valence-electron chi connectivity index (χ3n) is 3.52. The van der Waals surface area contributed by atoms with Gasteiger partial charge in [-0.25, -0.2) is 0 Å². The van der Waals surface area contributed by atoms with Crippen LogP contribution in [0.5, 0.6) is 0 Å². The predicted molar refractivity (Wildman–Crippen MR) is 97.0 cm³/mol. The molecule has 0 aliphatic heterocycles. The lowest BCUT2D eigenvalue weighted by molar-refractivity contribution is 0.587. The summed E-state index contributed by atoms with van der Waals surface area (Å²) in [5, 5.41) is 3.46. The van der Waals surface area contributed by atoms with Crippen LogP contribution in [0, 0.1) is 0 Å². The molecule has 0 aromatic heterocycles. The molecule has 0 saturated carbocycles. The topological polar surface area (TPSA) is 15.3 Å². The number of anilines is 1. The van der Waals surface area contributed by atoms with Crippen molar-refractivity contribution < 1.29 is 0 Å². The molecule has 0 aliphatic rings. The van der Waals surface area contributed by atoms with E-state index in [0.29, 0.717) is 12.1 Å². The summed E-state index contributed by atoms with van der Waals surface area (Å²) in [5.41, 5.74) is 2.60. The average Bonchev–Trinajstić information content (AvgIpc) is 2.42. The summed E-state index contributed by atoms with van der Waals surface area (Å²) in [4.78, 5) is 2.39. The van der Waals surface area contributed by atoms with Gasteiger partial charge in [0.05, 0.1) is 0 Å². The zero-order chi connectivity index (χ0) is 15.1. The van der Waals surface area contributed by atoms with Gasteiger partial charge in [-0.3, -0.25) is 0 Å². The number of hydrogen-bond acceptors (Lipinski definition) is 3. The molecule has 0 radical (unpaired) electrons. The summed E-state index contributed by atoms with van der Waals surface area (Å²) in [7, 11) is 2.19. The van der Waals surface area contributed by atoms with E-state index in [0.717, 1.165) is 6.54 Å². The Morgan fingerprint density at radius 3 is 2.55 bits per heavy atom. The van der Waals surface area contributed by atoms with E-state index in [4.69, 9.17) is 0 Å². The standard InChI is InChI=1S/C16H27BrN2S/c1-6-14(11-20-5)19(4)15-8-7-13(16(17)9-15)10-18-12(2)3/h7-9,12,14,18H,6,10-11H2,1-5H3. The minimum absolute atomic E-state index is 0.510. The van der Waals surface area contributed by atoms with Gasteiger partial charge in [0, 0.05) is 41.6 Å². The van der Waals surface area contributed by atoms with Crippen LogP contribution in [-0.4, -0.2) is 31.1 Å². The van der Waals surface area contributed by atoms with Crippen molar-refractivity contribution in [1.29, 1.82) is 0 Å². The number of thioether (sulfide) groups is 1. The van der Waals surface area contributed by atoms with Crippen LogP contribution in [-0.2, 0) is 6.54 Å². The van der Waals surface area contributed by atoms with Crippen LogP contribution >= 0.6 is 27.7 Å². The quantitative estimate of drug-likeness (QED) is 0.734. The molecule has 1 aromatic carbocycles. The van der Waals surface area contributed by atoms with Crippen LogP contribution in [0.15, 0.2) is 22.7 Å². The molecule has 4 heteroatoms. The minimum atomic E-state index is 0.510. The Balaban J connectivity index is 2.79. The van der Waals surface area contributed by atoms with E-state index in [1.165, 1.54) is 27.9 Å². The molecule has 20 heavy (non-hydrogen) atoms. The van der Waals surface area contributed by atoms with Crippen molar-refractivity contribution in [1.82, 2.24) is 5.32 Å². The van der Waals surface area contributed by atoms with Crippen molar-refractivity contribution in [3.63, 3.8) is 0 Å². The first kappa shape index (κ1) is 17.9. The van der Waals surface area contributed by atoms with Crippen LogP contribution in [0.25, 0.3) is 0 Å². The lowest BCUT2D eigenvalue weighted by Crippen LogP contribution is -2.33. The molecule has 0 amide bonds. The van der Waals surface area contributed by atoms with Crippen LogP contribution in [0.2, 0.25) is 0 Å². The Morgan fingerprint density at radius 1 is 1.35 bits per heavy atom. The van der Waals surface area contributed by atoms with Gasteiger partial charge in [-0.15, -0.1) is 0 Å². The van der Waals surface area contributed by atoms with Gasteiger partial charge in [0.15, 0.2) is 0 Å². The van der Waals surface area contributed by atoms with E-state index in [9.17, 15) is 0 Å². The summed E-state index contributed by atoms with van der Waals surface area (Å²) in [6.07, 6.45) is 3.35. The first-order valence-electron chi connectivity index (χ1n) is 7.23. The Morgan fingerprint density at radius 2 is 2.05 bits per heavy atom. The molecule has 0 fully saturated rings. The third-order valence-corrected chi connectivity index (χ3v) is 4.98. The normalized spacial score (nSPS) is 12.8. The fraction of sp³-hybridized carbons (Fsp3) is 0.625. The monoisotopic (exact) mass is 358 g/mol. The number of nitrogens with one attached hydrogen (secondary N) is 1. The van der Waals surface area contributed by atoms with Crippen molar-refractivity contribution in [3.05, 3.63) is 28.2 Å². The molecule has 2 nitrogen and oxygen atoms in total. The summed E-state index contributed by atoms with van der Waals surface area (Å²) < 4.78 is 1.19. The fourth-order valence-electron chi connectivity index (χ4n) is 2.12. The lowest BCUT2D eigenvalue weighted by atomic mass is 10.1. The van der Waals surface area contributed by atoms with Gasteiger partial charge in [0.25, 0.3) is 0 Å². The van der Waals surface area contributed by atoms with E-state index in [-0.39, 0.29) is 0 Å². The highest BCUT2D eigenvalue weighted by molar-refractivity contribution is 9.10. The van der Waals surface area contributed by atoms with E-state index in [1.807, 2.05) is 11.8 Å². The van der Waals surface area contributed by atoms with E-state index in [1.54, 1.807) is 0 Å². The summed E-state index contributed by atoms with van der Waals surface area (Å²) in [6, 6.07) is 7.79. The van der Waals surface area contributed by atoms with E-state index in [2.05, 4.69) is 78.4 Å². The molecule has 0 aliphatic carbocycles. The minimum Gasteiger partial charge on any atom is -0.371 e. The van der Waals surface area contributed by atoms with Gasteiger partial charge in [-0.1, -0.05) is 42.8 Å². The zero-order valence-corrected chi connectivity index (χ0v) is 15.6. The molecule has 1 aromatic rings. The number of rotatable bonds is 8. The second kappa shape index (κ2) is 8.96. The lowest BCUT2D eigenvalue weighted by Gasteiger charge is -2.29. The molecule has 0 saturated heterocycles. The Hall–Kier alpha value is -0.190. The molecular formula is C16H27BrN2S. The maximum Gasteiger partial charge on any atom is 0.0377 e. The molecule has 1 unspecified atom stereocenters. The highest BCUT2D eigenvalue weighted by atomic mass is 79.9. The summed E-state index contributed by atoms with van der Waals surface area (Å²) >= 11 is 5.62. The smallest absolute Gasteiger partial charge is 0.0377 e. The van der Waals surface area contributed by atoms with Gasteiger partial charge in [-0.2, -0.15) is 11.8 Å². The zero-order valence-electron chi connectivity index (χ0n) is 13.2. The average molecular weight is 359 g/mol. The van der Waals surface area contributed by atoms with Gasteiger partial charge in [-0.05, 0) is 30.4 Å². The molecular weight excluding hydrogens is 332 g/mol. The van der Waals surface area contributed by atoms with Crippen molar-refractivity contribution in [3.8, 4) is 0 Å². The Kier molecular flexibility index (Phi) is 8.00. The molecule has 114 valence electrons. The van der Waals surface area contributed by atoms with Crippen molar-refractivity contribution in [2.24, 2.45) is 0 Å². The third kappa shape index (κ3) is 5.30. The molecule has 1 N–H and O–H groups in total. The van der Waals surface area contributed by atoms with Crippen molar-refractivity contribution >= 4 is 33.4 Å². The summed E-state index contributed by atoms with van der Waals surface area (Å²) in [6.45, 7) is 7.51. The first-order valence-corrected chi connectivity index (χ1v) is 9.41. The predicted octanol–water partition coefficient (Wildman–Crippen LogP) is 4.52. The SMILES string of the molecule is CCC(CSC)N(C)c1ccc(CNC(C)C)c(Br)c1. The first-order chi connectivity index (χ1) is 9.49. The maximum atomic E-state index is 3.70. The summed E-state index contributed by atoms with van der Waals surface area (Å²) in [5.74, 6) is 1.17. The Bertz CT molecular complexity index is 409. The highest BCUT2D eigenvalue weighted by Crippen LogP contribution is 2.26.